The number of nitrogens with zero attached hydrogens (tertiary/aromatic N) is 1. The number of ether oxygens (including phenoxy) is 2. The van der Waals surface area contributed by atoms with Gasteiger partial charge in [0.1, 0.15) is 5.75 Å². The molecule has 0 saturated carbocycles. The molecular formula is C13H17NO2. The van der Waals surface area contributed by atoms with Crippen LogP contribution in [0.2, 0.25) is 0 Å². The van der Waals surface area contributed by atoms with Crippen LogP contribution < -0.4 is 4.74 Å². The van der Waals surface area contributed by atoms with Crippen LogP contribution >= 0.6 is 0 Å². The van der Waals surface area contributed by atoms with Gasteiger partial charge in [0.25, 0.3) is 0 Å². The lowest BCUT2D eigenvalue weighted by atomic mass is 10.1. The first-order valence-corrected chi connectivity index (χ1v) is 5.55. The van der Waals surface area contributed by atoms with Crippen molar-refractivity contribution >= 4 is 0 Å². The highest BCUT2D eigenvalue weighted by atomic mass is 16.5. The Morgan fingerprint density at radius 3 is 2.44 bits per heavy atom. The summed E-state index contributed by atoms with van der Waals surface area (Å²) in [5.41, 5.74) is 0.869. The van der Waals surface area contributed by atoms with Crippen LogP contribution in [0.25, 0.3) is 0 Å². The van der Waals surface area contributed by atoms with Crippen LogP contribution in [0.4, 0.5) is 0 Å². The molecule has 3 nitrogen and oxygen atoms in total. The molecule has 0 bridgehead atoms. The molecule has 86 valence electrons. The van der Waals surface area contributed by atoms with Crippen molar-refractivity contribution in [1.82, 2.24) is 0 Å². The summed E-state index contributed by atoms with van der Waals surface area (Å²) in [5, 5.41) is 8.92. The highest BCUT2D eigenvalue weighted by Crippen LogP contribution is 2.20. The Kier molecular flexibility index (Phi) is 5.38. The molecule has 0 saturated heterocycles. The molecule has 0 heterocycles. The monoisotopic (exact) mass is 219 g/mol. The third kappa shape index (κ3) is 3.56. The van der Waals surface area contributed by atoms with Gasteiger partial charge in [-0.3, -0.25) is 0 Å². The summed E-state index contributed by atoms with van der Waals surface area (Å²) in [6, 6.07) is 9.60. The van der Waals surface area contributed by atoms with Crippen LogP contribution in [0, 0.1) is 11.3 Å². The Morgan fingerprint density at radius 1 is 1.25 bits per heavy atom. The Labute approximate surface area is 96.6 Å². The molecular weight excluding hydrogens is 202 g/mol. The fourth-order valence-electron chi connectivity index (χ4n) is 1.33. The number of benzene rings is 1. The minimum Gasteiger partial charge on any atom is -0.494 e. The predicted molar refractivity (Wildman–Crippen MR) is 62.2 cm³/mol. The number of rotatable bonds is 6. The number of nitriles is 1. The summed E-state index contributed by atoms with van der Waals surface area (Å²) in [5.74, 6) is 0.832. The van der Waals surface area contributed by atoms with Crippen molar-refractivity contribution in [2.75, 3.05) is 13.2 Å². The van der Waals surface area contributed by atoms with Crippen molar-refractivity contribution in [3.8, 4) is 11.8 Å². The minimum absolute atomic E-state index is 0.481. The minimum atomic E-state index is -0.481. The largest absolute Gasteiger partial charge is 0.494 e. The van der Waals surface area contributed by atoms with Crippen LogP contribution in [0.3, 0.4) is 0 Å². The quantitative estimate of drug-likeness (QED) is 0.738. The standard InChI is InChI=1S/C13H17NO2/c1-3-9-16-12-7-5-11(6-8-12)13(10-14)15-4-2/h5-8,13H,3-4,9H2,1-2H3. The second-order valence-corrected chi connectivity index (χ2v) is 3.38. The summed E-state index contributed by atoms with van der Waals surface area (Å²) in [6.07, 6.45) is 0.506. The van der Waals surface area contributed by atoms with Crippen molar-refractivity contribution in [2.24, 2.45) is 0 Å². The van der Waals surface area contributed by atoms with E-state index in [1.807, 2.05) is 31.2 Å². The molecule has 1 aromatic carbocycles. The van der Waals surface area contributed by atoms with Gasteiger partial charge in [-0.05, 0) is 31.0 Å². The van der Waals surface area contributed by atoms with Crippen LogP contribution in [-0.2, 0) is 4.74 Å². The highest BCUT2D eigenvalue weighted by Gasteiger charge is 2.09. The van der Waals surface area contributed by atoms with Gasteiger partial charge >= 0.3 is 0 Å². The van der Waals surface area contributed by atoms with Gasteiger partial charge < -0.3 is 9.47 Å². The van der Waals surface area contributed by atoms with Gasteiger partial charge in [-0.2, -0.15) is 5.26 Å². The average molecular weight is 219 g/mol. The van der Waals surface area contributed by atoms with Crippen molar-refractivity contribution in [2.45, 2.75) is 26.4 Å². The van der Waals surface area contributed by atoms with E-state index in [1.165, 1.54) is 0 Å². The lowest BCUT2D eigenvalue weighted by molar-refractivity contribution is 0.102. The molecule has 3 heteroatoms. The zero-order valence-electron chi connectivity index (χ0n) is 9.77. The number of hydrogen-bond acceptors (Lipinski definition) is 3. The zero-order valence-corrected chi connectivity index (χ0v) is 9.77. The molecule has 0 fully saturated rings. The molecule has 0 amide bonds. The van der Waals surface area contributed by atoms with Crippen molar-refractivity contribution < 1.29 is 9.47 Å². The van der Waals surface area contributed by atoms with Gasteiger partial charge in [0, 0.05) is 6.61 Å². The second-order valence-electron chi connectivity index (χ2n) is 3.38. The Bertz CT molecular complexity index is 340. The van der Waals surface area contributed by atoms with E-state index < -0.39 is 6.10 Å². The van der Waals surface area contributed by atoms with Gasteiger partial charge in [-0.15, -0.1) is 0 Å². The lowest BCUT2D eigenvalue weighted by Crippen LogP contribution is -2.01. The molecule has 0 aliphatic carbocycles. The molecule has 0 aromatic heterocycles. The molecule has 1 atom stereocenters. The molecule has 1 unspecified atom stereocenters. The van der Waals surface area contributed by atoms with Crippen LogP contribution in [0.5, 0.6) is 5.75 Å². The molecule has 0 aliphatic heterocycles. The maximum atomic E-state index is 8.92. The van der Waals surface area contributed by atoms with Crippen LogP contribution in [0.1, 0.15) is 31.9 Å². The van der Waals surface area contributed by atoms with Crippen molar-refractivity contribution in [3.63, 3.8) is 0 Å². The van der Waals surface area contributed by atoms with E-state index in [1.54, 1.807) is 0 Å². The Balaban J connectivity index is 2.66. The average Bonchev–Trinajstić information content (AvgIpc) is 2.34. The fourth-order valence-corrected chi connectivity index (χ4v) is 1.33. The maximum absolute atomic E-state index is 8.92. The molecule has 0 spiro atoms. The number of hydrogen-bond donors (Lipinski definition) is 0. The molecule has 0 aliphatic rings. The summed E-state index contributed by atoms with van der Waals surface area (Å²) in [7, 11) is 0. The van der Waals surface area contributed by atoms with E-state index in [4.69, 9.17) is 14.7 Å². The SMILES string of the molecule is CCCOc1ccc(C(C#N)OCC)cc1. The molecule has 1 rings (SSSR count). The van der Waals surface area contributed by atoms with Gasteiger partial charge in [0.15, 0.2) is 6.10 Å². The normalized spacial score (nSPS) is 11.8. The van der Waals surface area contributed by atoms with Gasteiger partial charge in [0.2, 0.25) is 0 Å². The maximum Gasteiger partial charge on any atom is 0.169 e. The van der Waals surface area contributed by atoms with Crippen LogP contribution in [-0.4, -0.2) is 13.2 Å². The first-order valence-electron chi connectivity index (χ1n) is 5.55. The third-order valence-electron chi connectivity index (χ3n) is 2.11. The summed E-state index contributed by atoms with van der Waals surface area (Å²) in [4.78, 5) is 0. The molecule has 1 aromatic rings. The predicted octanol–water partition coefficient (Wildman–Crippen LogP) is 3.08. The van der Waals surface area contributed by atoms with E-state index >= 15 is 0 Å². The molecule has 0 N–H and O–H groups in total. The van der Waals surface area contributed by atoms with E-state index in [0.717, 1.165) is 17.7 Å². The topological polar surface area (TPSA) is 42.2 Å². The van der Waals surface area contributed by atoms with Gasteiger partial charge in [-0.25, -0.2) is 0 Å². The summed E-state index contributed by atoms with van der Waals surface area (Å²) >= 11 is 0. The second kappa shape index (κ2) is 6.86. The van der Waals surface area contributed by atoms with E-state index in [2.05, 4.69) is 13.0 Å². The van der Waals surface area contributed by atoms with Crippen molar-refractivity contribution in [1.29, 1.82) is 5.26 Å². The van der Waals surface area contributed by atoms with E-state index in [-0.39, 0.29) is 0 Å². The van der Waals surface area contributed by atoms with Gasteiger partial charge in [-0.1, -0.05) is 19.1 Å². The zero-order chi connectivity index (χ0) is 11.8. The third-order valence-corrected chi connectivity index (χ3v) is 2.11. The Hall–Kier alpha value is -1.53. The lowest BCUT2D eigenvalue weighted by Gasteiger charge is -2.10. The van der Waals surface area contributed by atoms with Crippen molar-refractivity contribution in [3.05, 3.63) is 29.8 Å². The highest BCUT2D eigenvalue weighted by molar-refractivity contribution is 5.30. The van der Waals surface area contributed by atoms with Gasteiger partial charge in [0.05, 0.1) is 12.7 Å². The molecule has 0 radical (unpaired) electrons. The first kappa shape index (κ1) is 12.5. The molecule has 16 heavy (non-hydrogen) atoms. The summed E-state index contributed by atoms with van der Waals surface area (Å²) < 4.78 is 10.8. The van der Waals surface area contributed by atoms with Crippen LogP contribution in [0.15, 0.2) is 24.3 Å². The fraction of sp³-hybridized carbons (Fsp3) is 0.462. The Morgan fingerprint density at radius 2 is 1.94 bits per heavy atom. The first-order chi connectivity index (χ1) is 7.81. The van der Waals surface area contributed by atoms with E-state index in [0.29, 0.717) is 13.2 Å². The van der Waals surface area contributed by atoms with E-state index in [9.17, 15) is 0 Å². The summed E-state index contributed by atoms with van der Waals surface area (Å²) in [6.45, 7) is 5.19. The smallest absolute Gasteiger partial charge is 0.169 e.